The summed E-state index contributed by atoms with van der Waals surface area (Å²) < 4.78 is 0. The van der Waals surface area contributed by atoms with Crippen LogP contribution in [0.2, 0.25) is 0 Å². The third kappa shape index (κ3) is 4.40. The van der Waals surface area contributed by atoms with E-state index in [9.17, 15) is 5.11 Å². The highest BCUT2D eigenvalue weighted by atomic mass is 32.1. The van der Waals surface area contributed by atoms with Crippen molar-refractivity contribution in [1.82, 2.24) is 9.88 Å². The van der Waals surface area contributed by atoms with Gasteiger partial charge in [0.15, 0.2) is 0 Å². The molecule has 1 aliphatic rings. The SMILES string of the molecule is Cc1ncc(CN2CCC[C@@](CO)(CCc3ccccc3)C2)s1. The van der Waals surface area contributed by atoms with Crippen LogP contribution in [0.5, 0.6) is 0 Å². The smallest absolute Gasteiger partial charge is 0.0897 e. The maximum atomic E-state index is 10.1. The zero-order chi connectivity index (χ0) is 16.1. The molecule has 2 heterocycles. The van der Waals surface area contributed by atoms with E-state index in [1.54, 1.807) is 11.3 Å². The van der Waals surface area contributed by atoms with Gasteiger partial charge in [-0.1, -0.05) is 30.3 Å². The van der Waals surface area contributed by atoms with Gasteiger partial charge in [-0.05, 0) is 44.7 Å². The Morgan fingerprint density at radius 2 is 2.13 bits per heavy atom. The van der Waals surface area contributed by atoms with E-state index in [0.29, 0.717) is 0 Å². The van der Waals surface area contributed by atoms with Crippen LogP contribution in [0, 0.1) is 12.3 Å². The summed E-state index contributed by atoms with van der Waals surface area (Å²) in [6, 6.07) is 10.6. The van der Waals surface area contributed by atoms with Crippen molar-refractivity contribution in [2.45, 2.75) is 39.2 Å². The number of benzene rings is 1. The quantitative estimate of drug-likeness (QED) is 0.878. The van der Waals surface area contributed by atoms with E-state index in [4.69, 9.17) is 0 Å². The van der Waals surface area contributed by atoms with Crippen molar-refractivity contribution in [3.05, 3.63) is 52.0 Å². The van der Waals surface area contributed by atoms with Gasteiger partial charge >= 0.3 is 0 Å². The van der Waals surface area contributed by atoms with Crippen molar-refractivity contribution in [2.24, 2.45) is 5.41 Å². The van der Waals surface area contributed by atoms with Crippen LogP contribution in [-0.4, -0.2) is 34.7 Å². The minimum atomic E-state index is 0.0494. The number of hydrogen-bond acceptors (Lipinski definition) is 4. The first kappa shape index (κ1) is 16.6. The van der Waals surface area contributed by atoms with E-state index in [-0.39, 0.29) is 12.0 Å². The average molecular weight is 330 g/mol. The predicted molar refractivity (Wildman–Crippen MR) is 95.6 cm³/mol. The van der Waals surface area contributed by atoms with Gasteiger partial charge in [-0.25, -0.2) is 4.98 Å². The van der Waals surface area contributed by atoms with Crippen molar-refractivity contribution in [3.8, 4) is 0 Å². The van der Waals surface area contributed by atoms with Gasteiger partial charge in [0.1, 0.15) is 0 Å². The predicted octanol–water partition coefficient (Wildman–Crippen LogP) is 3.66. The van der Waals surface area contributed by atoms with Crippen molar-refractivity contribution < 1.29 is 5.11 Å². The summed E-state index contributed by atoms with van der Waals surface area (Å²) in [5.41, 5.74) is 1.42. The van der Waals surface area contributed by atoms with Gasteiger partial charge in [0.2, 0.25) is 0 Å². The first-order chi connectivity index (χ1) is 11.2. The van der Waals surface area contributed by atoms with Gasteiger partial charge in [-0.15, -0.1) is 11.3 Å². The highest BCUT2D eigenvalue weighted by Gasteiger charge is 2.34. The summed E-state index contributed by atoms with van der Waals surface area (Å²) in [5.74, 6) is 0. The topological polar surface area (TPSA) is 36.4 Å². The van der Waals surface area contributed by atoms with E-state index in [1.807, 2.05) is 6.20 Å². The van der Waals surface area contributed by atoms with Crippen LogP contribution in [0.4, 0.5) is 0 Å². The summed E-state index contributed by atoms with van der Waals surface area (Å²) in [6.45, 7) is 5.44. The molecule has 1 aliphatic heterocycles. The molecule has 4 heteroatoms. The van der Waals surface area contributed by atoms with Crippen molar-refractivity contribution >= 4 is 11.3 Å². The minimum absolute atomic E-state index is 0.0494. The lowest BCUT2D eigenvalue weighted by Gasteiger charge is -2.42. The Kier molecular flexibility index (Phi) is 5.46. The molecule has 0 spiro atoms. The zero-order valence-corrected chi connectivity index (χ0v) is 14.7. The van der Waals surface area contributed by atoms with Crippen LogP contribution >= 0.6 is 11.3 Å². The highest BCUT2D eigenvalue weighted by molar-refractivity contribution is 7.11. The van der Waals surface area contributed by atoms with E-state index < -0.39 is 0 Å². The molecule has 2 aromatic rings. The lowest BCUT2D eigenvalue weighted by molar-refractivity contribution is 0.0228. The average Bonchev–Trinajstić information content (AvgIpc) is 2.99. The molecule has 0 bridgehead atoms. The van der Waals surface area contributed by atoms with Gasteiger partial charge in [0, 0.05) is 36.2 Å². The van der Waals surface area contributed by atoms with Gasteiger partial charge < -0.3 is 5.11 Å². The van der Waals surface area contributed by atoms with Crippen LogP contribution in [0.1, 0.15) is 34.7 Å². The molecule has 23 heavy (non-hydrogen) atoms. The molecule has 0 aliphatic carbocycles. The highest BCUT2D eigenvalue weighted by Crippen LogP contribution is 2.35. The van der Waals surface area contributed by atoms with Gasteiger partial charge in [-0.3, -0.25) is 4.90 Å². The van der Waals surface area contributed by atoms with E-state index >= 15 is 0 Å². The van der Waals surface area contributed by atoms with Gasteiger partial charge in [0.05, 0.1) is 5.01 Å². The Hall–Kier alpha value is -1.23. The van der Waals surface area contributed by atoms with Gasteiger partial charge in [-0.2, -0.15) is 0 Å². The van der Waals surface area contributed by atoms with Crippen molar-refractivity contribution in [2.75, 3.05) is 19.7 Å². The molecule has 1 aromatic carbocycles. The maximum Gasteiger partial charge on any atom is 0.0897 e. The summed E-state index contributed by atoms with van der Waals surface area (Å²) in [5, 5.41) is 11.2. The van der Waals surface area contributed by atoms with Crippen LogP contribution < -0.4 is 0 Å². The molecule has 1 saturated heterocycles. The second-order valence-electron chi connectivity index (χ2n) is 6.80. The lowest BCUT2D eigenvalue weighted by Crippen LogP contribution is -2.45. The number of hydrogen-bond donors (Lipinski definition) is 1. The Balaban J connectivity index is 1.61. The number of aliphatic hydroxyl groups excluding tert-OH is 1. The van der Waals surface area contributed by atoms with Crippen LogP contribution in [0.15, 0.2) is 36.5 Å². The van der Waals surface area contributed by atoms with Crippen LogP contribution in [0.25, 0.3) is 0 Å². The number of thiazole rings is 1. The number of nitrogens with zero attached hydrogens (tertiary/aromatic N) is 2. The maximum absolute atomic E-state index is 10.1. The summed E-state index contributed by atoms with van der Waals surface area (Å²) in [7, 11) is 0. The Morgan fingerprint density at radius 3 is 2.83 bits per heavy atom. The molecular formula is C19H26N2OS. The van der Waals surface area contributed by atoms with E-state index in [1.165, 1.54) is 16.9 Å². The first-order valence-corrected chi connectivity index (χ1v) is 9.29. The van der Waals surface area contributed by atoms with Crippen molar-refractivity contribution in [1.29, 1.82) is 0 Å². The summed E-state index contributed by atoms with van der Waals surface area (Å²) >= 11 is 1.78. The third-order valence-electron chi connectivity index (χ3n) is 4.91. The molecule has 1 atom stereocenters. The number of aromatic nitrogens is 1. The van der Waals surface area contributed by atoms with Crippen LogP contribution in [-0.2, 0) is 13.0 Å². The number of likely N-dealkylation sites (tertiary alicyclic amines) is 1. The normalized spacial score (nSPS) is 22.3. The van der Waals surface area contributed by atoms with E-state index in [2.05, 4.69) is 47.1 Å². The fourth-order valence-electron chi connectivity index (χ4n) is 3.61. The standard InChI is InChI=1S/C19H26N2OS/c1-16-20-12-18(23-16)13-21-11-5-9-19(14-21,15-22)10-8-17-6-3-2-4-7-17/h2-4,6-7,12,22H,5,8-11,13-15H2,1H3/t19-/m1/s1. The molecule has 0 amide bonds. The Bertz CT molecular complexity index is 613. The molecular weight excluding hydrogens is 304 g/mol. The molecule has 0 saturated carbocycles. The number of aryl methyl sites for hydroxylation is 2. The molecule has 3 nitrogen and oxygen atoms in total. The number of rotatable bonds is 6. The fourth-order valence-corrected chi connectivity index (χ4v) is 4.45. The minimum Gasteiger partial charge on any atom is -0.396 e. The third-order valence-corrected chi connectivity index (χ3v) is 5.81. The molecule has 3 rings (SSSR count). The second kappa shape index (κ2) is 7.56. The molecule has 1 fully saturated rings. The second-order valence-corrected chi connectivity index (χ2v) is 8.12. The lowest BCUT2D eigenvalue weighted by atomic mass is 9.76. The van der Waals surface area contributed by atoms with Crippen molar-refractivity contribution in [3.63, 3.8) is 0 Å². The summed E-state index contributed by atoms with van der Waals surface area (Å²) in [4.78, 5) is 8.19. The van der Waals surface area contributed by atoms with E-state index in [0.717, 1.165) is 43.9 Å². The molecule has 124 valence electrons. The number of piperidine rings is 1. The molecule has 0 unspecified atom stereocenters. The summed E-state index contributed by atoms with van der Waals surface area (Å²) in [6.07, 6.45) is 6.42. The first-order valence-electron chi connectivity index (χ1n) is 8.48. The molecule has 0 radical (unpaired) electrons. The monoisotopic (exact) mass is 330 g/mol. The van der Waals surface area contributed by atoms with Crippen LogP contribution in [0.3, 0.4) is 0 Å². The molecule has 1 N–H and O–H groups in total. The Morgan fingerprint density at radius 1 is 1.30 bits per heavy atom. The molecule has 1 aromatic heterocycles. The fraction of sp³-hybridized carbons (Fsp3) is 0.526. The zero-order valence-electron chi connectivity index (χ0n) is 13.9. The van der Waals surface area contributed by atoms with Gasteiger partial charge in [0.25, 0.3) is 0 Å². The largest absolute Gasteiger partial charge is 0.396 e. The number of aliphatic hydroxyl groups is 1. The Labute approximate surface area is 143 Å².